The number of hydrogen-bond acceptors (Lipinski definition) is 5. The second-order valence-electron chi connectivity index (χ2n) is 6.58. The molecule has 22 heavy (non-hydrogen) atoms. The van der Waals surface area contributed by atoms with Gasteiger partial charge in [0.2, 0.25) is 0 Å². The van der Waals surface area contributed by atoms with Crippen LogP contribution in [0.4, 0.5) is 0 Å². The van der Waals surface area contributed by atoms with Crippen molar-refractivity contribution in [3.05, 3.63) is 24.3 Å². The molecule has 3 aliphatic rings. The van der Waals surface area contributed by atoms with Crippen LogP contribution in [-0.2, 0) is 23.9 Å². The van der Waals surface area contributed by atoms with Gasteiger partial charge < -0.3 is 9.47 Å². The normalized spacial score (nSPS) is 40.0. The molecule has 0 spiro atoms. The molecule has 0 aromatic rings. The molecule has 0 aromatic heterocycles. The summed E-state index contributed by atoms with van der Waals surface area (Å²) in [6.45, 7) is 7.19. The van der Waals surface area contributed by atoms with E-state index in [2.05, 4.69) is 13.5 Å². The van der Waals surface area contributed by atoms with Crippen LogP contribution in [0.25, 0.3) is 0 Å². The van der Waals surface area contributed by atoms with Crippen molar-refractivity contribution in [1.29, 1.82) is 0 Å². The zero-order chi connectivity index (χ0) is 16.1. The lowest BCUT2D eigenvalue weighted by Gasteiger charge is -2.39. The Kier molecular flexibility index (Phi) is 3.46. The quantitative estimate of drug-likeness (QED) is 0.575. The summed E-state index contributed by atoms with van der Waals surface area (Å²) in [4.78, 5) is 35.9. The van der Waals surface area contributed by atoms with Crippen molar-refractivity contribution < 1.29 is 23.9 Å². The summed E-state index contributed by atoms with van der Waals surface area (Å²) in [5.41, 5.74) is -0.568. The highest BCUT2D eigenvalue weighted by Crippen LogP contribution is 2.54. The van der Waals surface area contributed by atoms with E-state index in [9.17, 15) is 14.4 Å². The molecule has 0 aromatic carbocycles. The van der Waals surface area contributed by atoms with Crippen LogP contribution in [0.5, 0.6) is 0 Å². The first-order valence-electron chi connectivity index (χ1n) is 7.63. The minimum Gasteiger partial charge on any atom is -0.465 e. The van der Waals surface area contributed by atoms with Crippen molar-refractivity contribution >= 4 is 17.7 Å². The minimum absolute atomic E-state index is 0.0507. The Balaban J connectivity index is 2.07. The molecule has 0 bridgehead atoms. The Labute approximate surface area is 129 Å². The Morgan fingerprint density at radius 3 is 2.86 bits per heavy atom. The van der Waals surface area contributed by atoms with Gasteiger partial charge in [-0.2, -0.15) is 0 Å². The molecule has 5 unspecified atom stereocenters. The number of allylic oxidation sites excluding steroid dienone is 2. The number of ether oxygens (including phenoxy) is 2. The lowest BCUT2D eigenvalue weighted by Crippen LogP contribution is -2.51. The third kappa shape index (κ3) is 1.95. The van der Waals surface area contributed by atoms with Crippen LogP contribution >= 0.6 is 0 Å². The molecular formula is C17H20O5. The van der Waals surface area contributed by atoms with Gasteiger partial charge in [0.1, 0.15) is 18.1 Å². The summed E-state index contributed by atoms with van der Waals surface area (Å²) >= 11 is 0. The Hall–Kier alpha value is -1.91. The monoisotopic (exact) mass is 304 g/mol. The van der Waals surface area contributed by atoms with Crippen LogP contribution < -0.4 is 0 Å². The summed E-state index contributed by atoms with van der Waals surface area (Å²) in [5, 5.41) is 0. The average Bonchev–Trinajstić information content (AvgIpc) is 2.90. The van der Waals surface area contributed by atoms with Gasteiger partial charge in [0, 0.05) is 18.4 Å². The first-order valence-corrected chi connectivity index (χ1v) is 7.63. The fraction of sp³-hybridized carbons (Fsp3) is 0.588. The van der Waals surface area contributed by atoms with Gasteiger partial charge in [0.05, 0.1) is 0 Å². The van der Waals surface area contributed by atoms with E-state index in [-0.39, 0.29) is 30.1 Å². The fourth-order valence-electron chi connectivity index (χ4n) is 4.20. The van der Waals surface area contributed by atoms with Crippen LogP contribution in [0.2, 0.25) is 0 Å². The highest BCUT2D eigenvalue weighted by Gasteiger charge is 2.63. The third-order valence-corrected chi connectivity index (χ3v) is 5.39. The van der Waals surface area contributed by atoms with Gasteiger partial charge in [-0.3, -0.25) is 9.59 Å². The maximum absolute atomic E-state index is 12.7. The van der Waals surface area contributed by atoms with Gasteiger partial charge in [-0.15, -0.1) is 0 Å². The number of ketones is 1. The lowest BCUT2D eigenvalue weighted by atomic mass is 9.67. The smallest absolute Gasteiger partial charge is 0.334 e. The SMILES string of the molecule is C=C1C(=O)OC2C1CCC(C)C1C=CC(=O)C12COC(C)=O. The highest BCUT2D eigenvalue weighted by atomic mass is 16.6. The van der Waals surface area contributed by atoms with Crippen LogP contribution in [0.15, 0.2) is 24.3 Å². The van der Waals surface area contributed by atoms with E-state index in [1.807, 2.05) is 6.08 Å². The molecule has 2 fully saturated rings. The summed E-state index contributed by atoms with van der Waals surface area (Å²) in [5.74, 6) is -1.03. The molecular weight excluding hydrogens is 284 g/mol. The molecule has 1 saturated carbocycles. The molecule has 1 heterocycles. The minimum atomic E-state index is -0.999. The molecule has 0 N–H and O–H groups in total. The topological polar surface area (TPSA) is 69.7 Å². The van der Waals surface area contributed by atoms with Gasteiger partial charge in [0.15, 0.2) is 5.78 Å². The Morgan fingerprint density at radius 1 is 1.45 bits per heavy atom. The third-order valence-electron chi connectivity index (χ3n) is 5.39. The lowest BCUT2D eigenvalue weighted by molar-refractivity contribution is -0.163. The van der Waals surface area contributed by atoms with Crippen LogP contribution in [-0.4, -0.2) is 30.4 Å². The van der Waals surface area contributed by atoms with Gasteiger partial charge in [0.25, 0.3) is 0 Å². The fourth-order valence-corrected chi connectivity index (χ4v) is 4.20. The maximum atomic E-state index is 12.7. The summed E-state index contributed by atoms with van der Waals surface area (Å²) in [7, 11) is 0. The molecule has 5 atom stereocenters. The molecule has 1 saturated heterocycles. The predicted octanol–water partition coefficient (Wildman–Crippen LogP) is 1.82. The largest absolute Gasteiger partial charge is 0.465 e. The van der Waals surface area contributed by atoms with Gasteiger partial charge >= 0.3 is 11.9 Å². The molecule has 1 aliphatic heterocycles. The first-order chi connectivity index (χ1) is 10.4. The number of esters is 2. The molecule has 5 nitrogen and oxygen atoms in total. The van der Waals surface area contributed by atoms with Crippen molar-refractivity contribution in [2.75, 3.05) is 6.61 Å². The van der Waals surface area contributed by atoms with Crippen molar-refractivity contribution in [2.45, 2.75) is 32.8 Å². The van der Waals surface area contributed by atoms with E-state index in [4.69, 9.17) is 9.47 Å². The Bertz CT molecular complexity index is 590. The van der Waals surface area contributed by atoms with E-state index in [1.165, 1.54) is 6.92 Å². The molecule has 3 rings (SSSR count). The molecule has 2 aliphatic carbocycles. The number of rotatable bonds is 2. The second-order valence-corrected chi connectivity index (χ2v) is 6.58. The number of fused-ring (bicyclic) bond motifs is 3. The van der Waals surface area contributed by atoms with E-state index in [1.54, 1.807) is 6.08 Å². The van der Waals surface area contributed by atoms with E-state index >= 15 is 0 Å². The van der Waals surface area contributed by atoms with Crippen molar-refractivity contribution in [3.63, 3.8) is 0 Å². The van der Waals surface area contributed by atoms with Gasteiger partial charge in [-0.05, 0) is 30.8 Å². The molecule has 118 valence electrons. The summed E-state index contributed by atoms with van der Waals surface area (Å²) < 4.78 is 10.8. The van der Waals surface area contributed by atoms with Crippen molar-refractivity contribution in [2.24, 2.45) is 23.2 Å². The molecule has 5 heteroatoms. The summed E-state index contributed by atoms with van der Waals surface area (Å²) in [6, 6.07) is 0. The standard InChI is InChI=1S/C17H20O5/c1-9-4-5-12-10(2)16(20)22-15(12)17(8-21-11(3)18)13(9)6-7-14(17)19/h6-7,9,12-13,15H,2,4-5,8H2,1,3H3. The van der Waals surface area contributed by atoms with E-state index in [0.717, 1.165) is 12.8 Å². The zero-order valence-corrected chi connectivity index (χ0v) is 12.8. The zero-order valence-electron chi connectivity index (χ0n) is 12.8. The van der Waals surface area contributed by atoms with E-state index in [0.29, 0.717) is 5.57 Å². The highest BCUT2D eigenvalue weighted by molar-refractivity contribution is 6.00. The molecule has 0 radical (unpaired) electrons. The molecule has 0 amide bonds. The number of hydrogen-bond donors (Lipinski definition) is 0. The van der Waals surface area contributed by atoms with Gasteiger partial charge in [-0.1, -0.05) is 19.6 Å². The average molecular weight is 304 g/mol. The Morgan fingerprint density at radius 2 is 2.18 bits per heavy atom. The van der Waals surface area contributed by atoms with Crippen LogP contribution in [0.1, 0.15) is 26.7 Å². The van der Waals surface area contributed by atoms with Crippen LogP contribution in [0.3, 0.4) is 0 Å². The van der Waals surface area contributed by atoms with Crippen LogP contribution in [0, 0.1) is 23.2 Å². The predicted molar refractivity (Wildman–Crippen MR) is 77.6 cm³/mol. The number of carbonyl (C=O) groups excluding carboxylic acids is 3. The van der Waals surface area contributed by atoms with Gasteiger partial charge in [-0.25, -0.2) is 4.79 Å². The number of carbonyl (C=O) groups is 3. The van der Waals surface area contributed by atoms with Crippen molar-refractivity contribution in [1.82, 2.24) is 0 Å². The van der Waals surface area contributed by atoms with E-state index < -0.39 is 23.5 Å². The summed E-state index contributed by atoms with van der Waals surface area (Å²) in [6.07, 6.45) is 4.47. The maximum Gasteiger partial charge on any atom is 0.334 e. The second kappa shape index (κ2) is 5.07. The first kappa shape index (κ1) is 15.0. The van der Waals surface area contributed by atoms with Crippen molar-refractivity contribution in [3.8, 4) is 0 Å².